The minimum absolute atomic E-state index is 0.131. The van der Waals surface area contributed by atoms with E-state index in [1.807, 2.05) is 6.92 Å². The van der Waals surface area contributed by atoms with Gasteiger partial charge in [0.15, 0.2) is 0 Å². The highest BCUT2D eigenvalue weighted by Gasteiger charge is 2.10. The summed E-state index contributed by atoms with van der Waals surface area (Å²) in [5.41, 5.74) is 2.11. The quantitative estimate of drug-likeness (QED) is 0.646. The molecule has 0 heterocycles. The molecule has 0 spiro atoms. The zero-order valence-electron chi connectivity index (χ0n) is 9.28. The molecule has 0 aromatic heterocycles. The lowest BCUT2D eigenvalue weighted by Gasteiger charge is -2.07. The fourth-order valence-corrected chi connectivity index (χ4v) is 1.57. The minimum atomic E-state index is -0.315. The SMILES string of the molecule is CCOC(=O)Cc1cc(C)c(S)cc1C#N. The summed E-state index contributed by atoms with van der Waals surface area (Å²) in [5.74, 6) is -0.315. The molecule has 0 aliphatic heterocycles. The summed E-state index contributed by atoms with van der Waals surface area (Å²) in [4.78, 5) is 12.1. The van der Waals surface area contributed by atoms with E-state index in [2.05, 4.69) is 18.7 Å². The molecule has 1 rings (SSSR count). The van der Waals surface area contributed by atoms with Crippen molar-refractivity contribution in [1.29, 1.82) is 5.26 Å². The Bertz CT molecular complexity index is 449. The molecule has 0 aliphatic rings. The third kappa shape index (κ3) is 3.01. The van der Waals surface area contributed by atoms with E-state index in [9.17, 15) is 4.79 Å². The van der Waals surface area contributed by atoms with Crippen LogP contribution in [-0.4, -0.2) is 12.6 Å². The van der Waals surface area contributed by atoms with Crippen molar-refractivity contribution in [1.82, 2.24) is 0 Å². The van der Waals surface area contributed by atoms with Crippen molar-refractivity contribution in [2.24, 2.45) is 0 Å². The summed E-state index contributed by atoms with van der Waals surface area (Å²) in [6.07, 6.45) is 0.131. The van der Waals surface area contributed by atoms with Crippen LogP contribution in [0.4, 0.5) is 0 Å². The highest BCUT2D eigenvalue weighted by Crippen LogP contribution is 2.19. The van der Waals surface area contributed by atoms with Gasteiger partial charge in [-0.15, -0.1) is 12.6 Å². The maximum absolute atomic E-state index is 11.3. The standard InChI is InChI=1S/C12H13NO2S/c1-3-15-12(14)6-9-4-8(2)11(16)5-10(9)7-13/h4-5,16H,3,6H2,1-2H3. The molecular formula is C12H13NO2S. The van der Waals surface area contributed by atoms with Gasteiger partial charge in [0, 0.05) is 4.90 Å². The first-order valence-corrected chi connectivity index (χ1v) is 5.41. The highest BCUT2D eigenvalue weighted by molar-refractivity contribution is 7.80. The zero-order chi connectivity index (χ0) is 12.1. The van der Waals surface area contributed by atoms with E-state index in [-0.39, 0.29) is 12.4 Å². The van der Waals surface area contributed by atoms with Crippen LogP contribution in [0, 0.1) is 18.3 Å². The van der Waals surface area contributed by atoms with Gasteiger partial charge in [-0.3, -0.25) is 4.79 Å². The molecule has 4 heteroatoms. The molecule has 1 aromatic carbocycles. The summed E-state index contributed by atoms with van der Waals surface area (Å²) in [6, 6.07) is 5.53. The molecule has 0 fully saturated rings. The Hall–Kier alpha value is -1.47. The van der Waals surface area contributed by atoms with E-state index in [0.29, 0.717) is 17.7 Å². The van der Waals surface area contributed by atoms with Gasteiger partial charge in [-0.25, -0.2) is 0 Å². The van der Waals surface area contributed by atoms with Crippen LogP contribution in [0.15, 0.2) is 17.0 Å². The maximum atomic E-state index is 11.3. The van der Waals surface area contributed by atoms with Gasteiger partial charge in [-0.1, -0.05) is 6.07 Å². The van der Waals surface area contributed by atoms with Gasteiger partial charge in [0.05, 0.1) is 24.7 Å². The largest absolute Gasteiger partial charge is 0.466 e. The van der Waals surface area contributed by atoms with Crippen LogP contribution in [0.1, 0.15) is 23.6 Å². The number of aryl methyl sites for hydroxylation is 1. The molecule has 0 radical (unpaired) electrons. The number of nitrogens with zero attached hydrogens (tertiary/aromatic N) is 1. The molecule has 0 bridgehead atoms. The van der Waals surface area contributed by atoms with Crippen LogP contribution in [-0.2, 0) is 16.0 Å². The van der Waals surface area contributed by atoms with Crippen molar-refractivity contribution in [2.45, 2.75) is 25.2 Å². The monoisotopic (exact) mass is 235 g/mol. The van der Waals surface area contributed by atoms with Crippen LogP contribution in [0.3, 0.4) is 0 Å². The number of carbonyl (C=O) groups excluding carboxylic acids is 1. The number of ether oxygens (including phenoxy) is 1. The van der Waals surface area contributed by atoms with E-state index in [1.54, 1.807) is 19.1 Å². The Balaban J connectivity index is 3.00. The Morgan fingerprint density at radius 1 is 1.56 bits per heavy atom. The fourth-order valence-electron chi connectivity index (χ4n) is 1.37. The second kappa shape index (κ2) is 5.57. The van der Waals surface area contributed by atoms with E-state index in [0.717, 1.165) is 10.5 Å². The number of hydrogen-bond donors (Lipinski definition) is 1. The molecular weight excluding hydrogens is 222 g/mol. The molecule has 1 aromatic rings. The molecule has 16 heavy (non-hydrogen) atoms. The van der Waals surface area contributed by atoms with Gasteiger partial charge in [0.2, 0.25) is 0 Å². The predicted molar refractivity (Wildman–Crippen MR) is 63.5 cm³/mol. The molecule has 0 N–H and O–H groups in total. The number of hydrogen-bond acceptors (Lipinski definition) is 4. The third-order valence-electron chi connectivity index (χ3n) is 2.18. The van der Waals surface area contributed by atoms with Crippen molar-refractivity contribution >= 4 is 18.6 Å². The van der Waals surface area contributed by atoms with Crippen molar-refractivity contribution in [3.8, 4) is 6.07 Å². The Morgan fingerprint density at radius 3 is 2.81 bits per heavy atom. The summed E-state index contributed by atoms with van der Waals surface area (Å²) in [6.45, 7) is 3.99. The van der Waals surface area contributed by atoms with E-state index < -0.39 is 0 Å². The lowest BCUT2D eigenvalue weighted by molar-refractivity contribution is -0.142. The fraction of sp³-hybridized carbons (Fsp3) is 0.333. The molecule has 0 atom stereocenters. The van der Waals surface area contributed by atoms with E-state index in [4.69, 9.17) is 10.00 Å². The van der Waals surface area contributed by atoms with Crippen LogP contribution in [0.5, 0.6) is 0 Å². The third-order valence-corrected chi connectivity index (χ3v) is 2.66. The predicted octanol–water partition coefficient (Wildman–Crippen LogP) is 2.26. The smallest absolute Gasteiger partial charge is 0.310 e. The van der Waals surface area contributed by atoms with Gasteiger partial charge < -0.3 is 4.74 Å². The average molecular weight is 235 g/mol. The van der Waals surface area contributed by atoms with Crippen molar-refractivity contribution < 1.29 is 9.53 Å². The maximum Gasteiger partial charge on any atom is 0.310 e. The normalized spacial score (nSPS) is 9.62. The molecule has 84 valence electrons. The number of esters is 1. The van der Waals surface area contributed by atoms with Gasteiger partial charge in [-0.2, -0.15) is 5.26 Å². The molecule has 0 unspecified atom stereocenters. The lowest BCUT2D eigenvalue weighted by Crippen LogP contribution is -2.09. The number of rotatable bonds is 3. The summed E-state index contributed by atoms with van der Waals surface area (Å²) < 4.78 is 4.85. The number of thiol groups is 1. The van der Waals surface area contributed by atoms with Crippen LogP contribution in [0.25, 0.3) is 0 Å². The number of carbonyl (C=O) groups is 1. The molecule has 3 nitrogen and oxygen atoms in total. The Labute approximate surface area is 100 Å². The van der Waals surface area contributed by atoms with Crippen molar-refractivity contribution in [3.63, 3.8) is 0 Å². The second-order valence-corrected chi connectivity index (χ2v) is 3.87. The molecule has 0 saturated carbocycles. The first kappa shape index (κ1) is 12.6. The molecule has 0 saturated heterocycles. The summed E-state index contributed by atoms with van der Waals surface area (Å²) in [5, 5.41) is 8.94. The van der Waals surface area contributed by atoms with Crippen LogP contribution >= 0.6 is 12.6 Å². The van der Waals surface area contributed by atoms with E-state index in [1.165, 1.54) is 0 Å². The number of benzene rings is 1. The first-order valence-electron chi connectivity index (χ1n) is 4.96. The highest BCUT2D eigenvalue weighted by atomic mass is 32.1. The first-order chi connectivity index (χ1) is 7.58. The summed E-state index contributed by atoms with van der Waals surface area (Å²) >= 11 is 4.23. The van der Waals surface area contributed by atoms with Crippen LogP contribution in [0.2, 0.25) is 0 Å². The zero-order valence-corrected chi connectivity index (χ0v) is 10.2. The van der Waals surface area contributed by atoms with E-state index >= 15 is 0 Å². The van der Waals surface area contributed by atoms with Crippen LogP contribution < -0.4 is 0 Å². The van der Waals surface area contributed by atoms with Gasteiger partial charge >= 0.3 is 5.97 Å². The topological polar surface area (TPSA) is 50.1 Å². The van der Waals surface area contributed by atoms with Gasteiger partial charge in [0.1, 0.15) is 0 Å². The van der Waals surface area contributed by atoms with Crippen molar-refractivity contribution in [2.75, 3.05) is 6.61 Å². The van der Waals surface area contributed by atoms with Gasteiger partial charge in [-0.05, 0) is 31.0 Å². The molecule has 0 aliphatic carbocycles. The minimum Gasteiger partial charge on any atom is -0.466 e. The Kier molecular flexibility index (Phi) is 4.39. The van der Waals surface area contributed by atoms with Crippen molar-refractivity contribution in [3.05, 3.63) is 28.8 Å². The summed E-state index contributed by atoms with van der Waals surface area (Å²) in [7, 11) is 0. The Morgan fingerprint density at radius 2 is 2.25 bits per heavy atom. The second-order valence-electron chi connectivity index (χ2n) is 3.39. The lowest BCUT2D eigenvalue weighted by atomic mass is 10.0. The number of nitriles is 1. The molecule has 0 amide bonds. The van der Waals surface area contributed by atoms with Gasteiger partial charge in [0.25, 0.3) is 0 Å². The average Bonchev–Trinajstić information content (AvgIpc) is 2.23.